The highest BCUT2D eigenvalue weighted by Crippen LogP contribution is 2.31. The molecule has 7 heteroatoms. The number of imidazole rings is 1. The number of rotatable bonds is 8. The third kappa shape index (κ3) is 3.63. The summed E-state index contributed by atoms with van der Waals surface area (Å²) in [7, 11) is 1.68. The molecule has 0 N–H and O–H groups in total. The Morgan fingerprint density at radius 3 is 2.50 bits per heavy atom. The van der Waals surface area contributed by atoms with Crippen molar-refractivity contribution in [3.8, 4) is 17.1 Å². The van der Waals surface area contributed by atoms with E-state index >= 15 is 0 Å². The first-order valence-electron chi connectivity index (χ1n) is 10.4. The number of nitrogens with zero attached hydrogens (tertiary/aromatic N) is 6. The van der Waals surface area contributed by atoms with Gasteiger partial charge in [0.05, 0.1) is 24.9 Å². The van der Waals surface area contributed by atoms with Crippen LogP contribution in [-0.4, -0.2) is 44.5 Å². The lowest BCUT2D eigenvalue weighted by Crippen LogP contribution is -2.22. The standard InChI is InChI=1S/C23H28N6O/c1-5-27(6-2)21-12-11-17(15-24-21)23-25-22-19(9-8-10-20(22)30-4)29(23)16-18-13-14-28(7-3)26-18/h8-15H,5-7,16H2,1-4H3. The summed E-state index contributed by atoms with van der Waals surface area (Å²) in [4.78, 5) is 11.9. The number of hydrogen-bond donors (Lipinski definition) is 0. The van der Waals surface area contributed by atoms with Gasteiger partial charge in [-0.1, -0.05) is 6.07 Å². The van der Waals surface area contributed by atoms with E-state index in [1.54, 1.807) is 7.11 Å². The van der Waals surface area contributed by atoms with Crippen molar-refractivity contribution in [2.75, 3.05) is 25.1 Å². The first-order valence-corrected chi connectivity index (χ1v) is 10.4. The Bertz CT molecular complexity index is 1120. The zero-order valence-electron chi connectivity index (χ0n) is 18.0. The second-order valence-electron chi connectivity index (χ2n) is 7.09. The van der Waals surface area contributed by atoms with Gasteiger partial charge >= 0.3 is 0 Å². The molecule has 7 nitrogen and oxygen atoms in total. The average molecular weight is 405 g/mol. The molecule has 0 amide bonds. The Kier molecular flexibility index (Phi) is 5.70. The fourth-order valence-electron chi connectivity index (χ4n) is 3.75. The summed E-state index contributed by atoms with van der Waals surface area (Å²) in [5, 5.41) is 4.66. The van der Waals surface area contributed by atoms with Crippen LogP contribution in [0.5, 0.6) is 5.75 Å². The van der Waals surface area contributed by atoms with Crippen LogP contribution in [0.2, 0.25) is 0 Å². The molecule has 3 aromatic heterocycles. The predicted octanol–water partition coefficient (Wildman–Crippen LogP) is 4.22. The number of benzene rings is 1. The van der Waals surface area contributed by atoms with Crippen LogP contribution in [0, 0.1) is 0 Å². The van der Waals surface area contributed by atoms with Gasteiger partial charge in [-0.25, -0.2) is 9.97 Å². The maximum Gasteiger partial charge on any atom is 0.146 e. The molecule has 4 rings (SSSR count). The van der Waals surface area contributed by atoms with Crippen molar-refractivity contribution >= 4 is 16.9 Å². The molecule has 0 spiro atoms. The van der Waals surface area contributed by atoms with Gasteiger partial charge in [-0.3, -0.25) is 4.68 Å². The van der Waals surface area contributed by atoms with Crippen LogP contribution in [0.25, 0.3) is 22.4 Å². The molecule has 0 unspecified atom stereocenters. The van der Waals surface area contributed by atoms with Crippen LogP contribution in [0.15, 0.2) is 48.8 Å². The minimum Gasteiger partial charge on any atom is -0.494 e. The maximum atomic E-state index is 5.57. The Balaban J connectivity index is 1.81. The zero-order chi connectivity index (χ0) is 21.1. The molecule has 0 fully saturated rings. The first-order chi connectivity index (χ1) is 14.7. The summed E-state index contributed by atoms with van der Waals surface area (Å²) in [6, 6.07) is 12.2. The summed E-state index contributed by atoms with van der Waals surface area (Å²) < 4.78 is 9.69. The highest BCUT2D eigenvalue weighted by Gasteiger charge is 2.17. The maximum absolute atomic E-state index is 5.57. The molecule has 0 bridgehead atoms. The van der Waals surface area contributed by atoms with Crippen molar-refractivity contribution in [2.45, 2.75) is 33.9 Å². The lowest BCUT2D eigenvalue weighted by atomic mass is 10.2. The minimum absolute atomic E-state index is 0.629. The minimum atomic E-state index is 0.629. The number of aryl methyl sites for hydroxylation is 1. The SMILES string of the molecule is CCN(CC)c1ccc(-c2nc3c(OC)cccc3n2Cc2ccn(CC)n2)cn1. The summed E-state index contributed by atoms with van der Waals surface area (Å²) in [5.74, 6) is 2.60. The summed E-state index contributed by atoms with van der Waals surface area (Å²) in [6.07, 6.45) is 3.91. The van der Waals surface area contributed by atoms with Crippen molar-refractivity contribution in [1.82, 2.24) is 24.3 Å². The van der Waals surface area contributed by atoms with E-state index in [-0.39, 0.29) is 0 Å². The van der Waals surface area contributed by atoms with Crippen LogP contribution >= 0.6 is 0 Å². The van der Waals surface area contributed by atoms with E-state index in [0.29, 0.717) is 6.54 Å². The Labute approximate surface area is 176 Å². The van der Waals surface area contributed by atoms with Crippen LogP contribution in [0.1, 0.15) is 26.5 Å². The molecular weight excluding hydrogens is 376 g/mol. The van der Waals surface area contributed by atoms with Crippen LogP contribution in [-0.2, 0) is 13.1 Å². The third-order valence-corrected chi connectivity index (χ3v) is 5.40. The highest BCUT2D eigenvalue weighted by molar-refractivity contribution is 5.86. The van der Waals surface area contributed by atoms with Crippen molar-refractivity contribution in [2.24, 2.45) is 0 Å². The summed E-state index contributed by atoms with van der Waals surface area (Å²) in [5.41, 5.74) is 3.83. The van der Waals surface area contributed by atoms with Gasteiger partial charge in [0.1, 0.15) is 22.9 Å². The number of fused-ring (bicyclic) bond motifs is 1. The number of ether oxygens (including phenoxy) is 1. The molecule has 0 atom stereocenters. The highest BCUT2D eigenvalue weighted by atomic mass is 16.5. The molecule has 0 saturated heterocycles. The van der Waals surface area contributed by atoms with E-state index in [1.807, 2.05) is 29.2 Å². The molecule has 30 heavy (non-hydrogen) atoms. The number of para-hydroxylation sites is 1. The second-order valence-corrected chi connectivity index (χ2v) is 7.09. The Morgan fingerprint density at radius 1 is 1.03 bits per heavy atom. The van der Waals surface area contributed by atoms with E-state index < -0.39 is 0 Å². The number of methoxy groups -OCH3 is 1. The van der Waals surface area contributed by atoms with Gasteiger partial charge < -0.3 is 14.2 Å². The van der Waals surface area contributed by atoms with E-state index in [4.69, 9.17) is 14.7 Å². The molecule has 3 heterocycles. The van der Waals surface area contributed by atoms with E-state index in [9.17, 15) is 0 Å². The van der Waals surface area contributed by atoms with Gasteiger partial charge in [0, 0.05) is 37.6 Å². The second kappa shape index (κ2) is 8.57. The van der Waals surface area contributed by atoms with Crippen LogP contribution in [0.4, 0.5) is 5.82 Å². The van der Waals surface area contributed by atoms with Gasteiger partial charge in [0.25, 0.3) is 0 Å². The summed E-state index contributed by atoms with van der Waals surface area (Å²) in [6.45, 7) is 9.70. The van der Waals surface area contributed by atoms with Crippen molar-refractivity contribution in [1.29, 1.82) is 0 Å². The van der Waals surface area contributed by atoms with E-state index in [2.05, 4.69) is 59.6 Å². The van der Waals surface area contributed by atoms with Gasteiger partial charge in [0.15, 0.2) is 0 Å². The molecule has 156 valence electrons. The first kappa shape index (κ1) is 19.9. The molecule has 0 radical (unpaired) electrons. The number of hydrogen-bond acceptors (Lipinski definition) is 5. The lowest BCUT2D eigenvalue weighted by Gasteiger charge is -2.19. The van der Waals surface area contributed by atoms with E-state index in [0.717, 1.165) is 59.3 Å². The smallest absolute Gasteiger partial charge is 0.146 e. The van der Waals surface area contributed by atoms with Gasteiger partial charge in [0.2, 0.25) is 0 Å². The van der Waals surface area contributed by atoms with Gasteiger partial charge in [-0.2, -0.15) is 5.10 Å². The largest absolute Gasteiger partial charge is 0.494 e. The predicted molar refractivity (Wildman–Crippen MR) is 120 cm³/mol. The molecule has 4 aromatic rings. The van der Waals surface area contributed by atoms with Gasteiger partial charge in [-0.15, -0.1) is 0 Å². The fraction of sp³-hybridized carbons (Fsp3) is 0.348. The number of anilines is 1. The van der Waals surface area contributed by atoms with Crippen LogP contribution in [0.3, 0.4) is 0 Å². The van der Waals surface area contributed by atoms with Gasteiger partial charge in [-0.05, 0) is 51.1 Å². The molecule has 0 aliphatic rings. The van der Waals surface area contributed by atoms with Crippen molar-refractivity contribution in [3.63, 3.8) is 0 Å². The van der Waals surface area contributed by atoms with Crippen LogP contribution < -0.4 is 9.64 Å². The number of pyridine rings is 1. The fourth-order valence-corrected chi connectivity index (χ4v) is 3.75. The summed E-state index contributed by atoms with van der Waals surface area (Å²) >= 11 is 0. The molecule has 0 aliphatic heterocycles. The number of aromatic nitrogens is 5. The van der Waals surface area contributed by atoms with E-state index in [1.165, 1.54) is 0 Å². The Hall–Kier alpha value is -3.35. The zero-order valence-corrected chi connectivity index (χ0v) is 18.0. The normalized spacial score (nSPS) is 11.2. The molecule has 0 aliphatic carbocycles. The lowest BCUT2D eigenvalue weighted by molar-refractivity contribution is 0.419. The average Bonchev–Trinajstić information content (AvgIpc) is 3.40. The molecule has 0 saturated carbocycles. The van der Waals surface area contributed by atoms with Crippen molar-refractivity contribution in [3.05, 3.63) is 54.5 Å². The Morgan fingerprint density at radius 2 is 1.87 bits per heavy atom. The molecule has 1 aromatic carbocycles. The topological polar surface area (TPSA) is 61.0 Å². The monoisotopic (exact) mass is 404 g/mol. The quantitative estimate of drug-likeness (QED) is 0.440. The molecular formula is C23H28N6O. The third-order valence-electron chi connectivity index (χ3n) is 5.40. The van der Waals surface area contributed by atoms with Crippen molar-refractivity contribution < 1.29 is 4.74 Å².